The van der Waals surface area contributed by atoms with Crippen molar-refractivity contribution in [3.05, 3.63) is 32.3 Å². The van der Waals surface area contributed by atoms with E-state index in [1.54, 1.807) is 0 Å². The standard InChI is InChI=1S/C10H6Cl2F3N3O2/c1-18-7(4(13)2-3(11)9(18)19)6-5(12)8(17-16-6)20-10(14)15/h2,10H,1H3,(H,16,17). The lowest BCUT2D eigenvalue weighted by Gasteiger charge is -2.08. The Bertz CT molecular complexity index is 715. The van der Waals surface area contributed by atoms with Crippen LogP contribution >= 0.6 is 23.2 Å². The highest BCUT2D eigenvalue weighted by Gasteiger charge is 2.22. The summed E-state index contributed by atoms with van der Waals surface area (Å²) in [6.07, 6.45) is 0. The fourth-order valence-electron chi connectivity index (χ4n) is 1.58. The monoisotopic (exact) mass is 327 g/mol. The van der Waals surface area contributed by atoms with Crippen LogP contribution in [0.25, 0.3) is 11.4 Å². The molecule has 0 unspecified atom stereocenters. The highest BCUT2D eigenvalue weighted by molar-refractivity contribution is 6.34. The Morgan fingerprint density at radius 3 is 2.70 bits per heavy atom. The normalized spacial score (nSPS) is 11.2. The molecule has 108 valence electrons. The van der Waals surface area contributed by atoms with E-state index in [1.807, 2.05) is 0 Å². The van der Waals surface area contributed by atoms with Gasteiger partial charge >= 0.3 is 6.61 Å². The van der Waals surface area contributed by atoms with E-state index in [0.29, 0.717) is 0 Å². The Morgan fingerprint density at radius 1 is 1.45 bits per heavy atom. The molecule has 2 rings (SSSR count). The average molecular weight is 328 g/mol. The lowest BCUT2D eigenvalue weighted by molar-refractivity contribution is -0.0528. The van der Waals surface area contributed by atoms with Crippen LogP contribution in [0.5, 0.6) is 5.88 Å². The van der Waals surface area contributed by atoms with Crippen LogP contribution in [0.3, 0.4) is 0 Å². The van der Waals surface area contributed by atoms with Gasteiger partial charge in [0.2, 0.25) is 0 Å². The van der Waals surface area contributed by atoms with Crippen LogP contribution in [0.4, 0.5) is 13.2 Å². The van der Waals surface area contributed by atoms with Crippen molar-refractivity contribution in [3.63, 3.8) is 0 Å². The molecule has 2 heterocycles. The van der Waals surface area contributed by atoms with Gasteiger partial charge in [0.1, 0.15) is 21.4 Å². The van der Waals surface area contributed by atoms with E-state index in [2.05, 4.69) is 14.9 Å². The van der Waals surface area contributed by atoms with E-state index >= 15 is 0 Å². The van der Waals surface area contributed by atoms with Gasteiger partial charge in [-0.3, -0.25) is 9.89 Å². The SMILES string of the molecule is Cn1c(-c2[nH]nc(OC(F)F)c2Cl)c(F)cc(Cl)c1=O. The second-order valence-electron chi connectivity index (χ2n) is 3.65. The molecule has 0 aromatic carbocycles. The minimum Gasteiger partial charge on any atom is -0.414 e. The molecular formula is C10H6Cl2F3N3O2. The van der Waals surface area contributed by atoms with Gasteiger partial charge in [-0.25, -0.2) is 4.39 Å². The number of H-pyrrole nitrogens is 1. The number of aromatic nitrogens is 3. The Hall–Kier alpha value is -1.67. The summed E-state index contributed by atoms with van der Waals surface area (Å²) >= 11 is 11.3. The molecule has 0 aliphatic carbocycles. The molecule has 0 aliphatic heterocycles. The maximum Gasteiger partial charge on any atom is 0.388 e. The van der Waals surface area contributed by atoms with Gasteiger partial charge in [0.15, 0.2) is 5.82 Å². The van der Waals surface area contributed by atoms with E-state index in [4.69, 9.17) is 23.2 Å². The third kappa shape index (κ3) is 2.48. The van der Waals surface area contributed by atoms with E-state index in [9.17, 15) is 18.0 Å². The molecule has 0 saturated carbocycles. The lowest BCUT2D eigenvalue weighted by atomic mass is 10.2. The largest absolute Gasteiger partial charge is 0.414 e. The maximum atomic E-state index is 13.9. The first-order valence-corrected chi connectivity index (χ1v) is 5.82. The maximum absolute atomic E-state index is 13.9. The number of nitrogens with zero attached hydrogens (tertiary/aromatic N) is 2. The van der Waals surface area contributed by atoms with Gasteiger partial charge in [0.25, 0.3) is 11.4 Å². The van der Waals surface area contributed by atoms with E-state index in [-0.39, 0.29) is 21.4 Å². The van der Waals surface area contributed by atoms with Crippen LogP contribution in [0, 0.1) is 5.82 Å². The zero-order valence-electron chi connectivity index (χ0n) is 9.76. The second kappa shape index (κ2) is 5.37. The zero-order chi connectivity index (χ0) is 15.0. The number of halogens is 5. The highest BCUT2D eigenvalue weighted by Crippen LogP contribution is 2.34. The minimum atomic E-state index is -3.14. The topological polar surface area (TPSA) is 59.9 Å². The molecule has 2 aromatic rings. The summed E-state index contributed by atoms with van der Waals surface area (Å²) in [6, 6.07) is 0.796. The number of ether oxygens (including phenoxy) is 1. The Balaban J connectivity index is 2.61. The number of hydrogen-bond donors (Lipinski definition) is 1. The number of hydrogen-bond acceptors (Lipinski definition) is 3. The lowest BCUT2D eigenvalue weighted by Crippen LogP contribution is -2.20. The van der Waals surface area contributed by atoms with Gasteiger partial charge in [-0.15, -0.1) is 5.10 Å². The summed E-state index contributed by atoms with van der Waals surface area (Å²) in [5.41, 5.74) is -1.12. The number of alkyl halides is 2. The highest BCUT2D eigenvalue weighted by atomic mass is 35.5. The first-order chi connectivity index (χ1) is 9.32. The predicted octanol–water partition coefficient (Wildman–Crippen LogP) is 2.82. The summed E-state index contributed by atoms with van der Waals surface area (Å²) in [7, 11) is 1.25. The van der Waals surface area contributed by atoms with E-state index in [1.165, 1.54) is 7.05 Å². The Labute approximate surface area is 119 Å². The molecule has 10 heteroatoms. The summed E-state index contributed by atoms with van der Waals surface area (Å²) in [5, 5.41) is 4.93. The van der Waals surface area contributed by atoms with Gasteiger partial charge in [0, 0.05) is 13.1 Å². The van der Waals surface area contributed by atoms with Crippen molar-refractivity contribution in [1.82, 2.24) is 14.8 Å². The summed E-state index contributed by atoms with van der Waals surface area (Å²) in [5.74, 6) is -1.47. The molecule has 20 heavy (non-hydrogen) atoms. The summed E-state index contributed by atoms with van der Waals surface area (Å²) in [6.45, 7) is -3.14. The van der Waals surface area contributed by atoms with Crippen LogP contribution in [0.2, 0.25) is 10.0 Å². The first-order valence-electron chi connectivity index (χ1n) is 5.07. The van der Waals surface area contributed by atoms with Gasteiger partial charge < -0.3 is 9.30 Å². The van der Waals surface area contributed by atoms with Crippen LogP contribution in [-0.2, 0) is 7.05 Å². The number of nitrogens with one attached hydrogen (secondary N) is 1. The third-order valence-corrected chi connectivity index (χ3v) is 3.06. The van der Waals surface area contributed by atoms with Gasteiger partial charge in [-0.1, -0.05) is 23.2 Å². The fraction of sp³-hybridized carbons (Fsp3) is 0.200. The van der Waals surface area contributed by atoms with E-state index in [0.717, 1.165) is 10.6 Å². The minimum absolute atomic E-state index is 0.170. The van der Waals surface area contributed by atoms with Crippen molar-refractivity contribution in [2.75, 3.05) is 0 Å². The van der Waals surface area contributed by atoms with Crippen molar-refractivity contribution in [2.45, 2.75) is 6.61 Å². The molecule has 0 bridgehead atoms. The van der Waals surface area contributed by atoms with Crippen molar-refractivity contribution < 1.29 is 17.9 Å². The predicted molar refractivity (Wildman–Crippen MR) is 65.9 cm³/mol. The fourth-order valence-corrected chi connectivity index (χ4v) is 2.02. The van der Waals surface area contributed by atoms with Crippen LogP contribution in [0.15, 0.2) is 10.9 Å². The number of pyridine rings is 1. The van der Waals surface area contributed by atoms with Crippen molar-refractivity contribution in [2.24, 2.45) is 7.05 Å². The Kier molecular flexibility index (Phi) is 3.96. The summed E-state index contributed by atoms with van der Waals surface area (Å²) < 4.78 is 43.0. The van der Waals surface area contributed by atoms with Crippen LogP contribution in [0.1, 0.15) is 0 Å². The molecule has 0 spiro atoms. The molecule has 0 radical (unpaired) electrons. The molecule has 0 saturated heterocycles. The molecule has 0 atom stereocenters. The van der Waals surface area contributed by atoms with Crippen molar-refractivity contribution >= 4 is 23.2 Å². The Morgan fingerprint density at radius 2 is 2.10 bits per heavy atom. The smallest absolute Gasteiger partial charge is 0.388 e. The van der Waals surface area contributed by atoms with Gasteiger partial charge in [0.05, 0.1) is 0 Å². The third-order valence-electron chi connectivity index (χ3n) is 2.44. The number of rotatable bonds is 3. The van der Waals surface area contributed by atoms with Gasteiger partial charge in [-0.05, 0) is 0 Å². The molecule has 0 amide bonds. The molecule has 0 fully saturated rings. The van der Waals surface area contributed by atoms with E-state index < -0.39 is 23.9 Å². The molecule has 0 aliphatic rings. The summed E-state index contributed by atoms with van der Waals surface area (Å²) in [4.78, 5) is 11.6. The van der Waals surface area contributed by atoms with Gasteiger partial charge in [-0.2, -0.15) is 8.78 Å². The number of aromatic amines is 1. The molecular weight excluding hydrogens is 322 g/mol. The quantitative estimate of drug-likeness (QED) is 0.943. The molecule has 5 nitrogen and oxygen atoms in total. The zero-order valence-corrected chi connectivity index (χ0v) is 11.3. The second-order valence-corrected chi connectivity index (χ2v) is 4.43. The average Bonchev–Trinajstić information content (AvgIpc) is 2.69. The molecule has 1 N–H and O–H groups in total. The van der Waals surface area contributed by atoms with Crippen LogP contribution in [-0.4, -0.2) is 21.4 Å². The van der Waals surface area contributed by atoms with Crippen molar-refractivity contribution in [3.8, 4) is 17.3 Å². The molecule has 2 aromatic heterocycles. The first kappa shape index (κ1) is 14.7. The van der Waals surface area contributed by atoms with Crippen LogP contribution < -0.4 is 10.3 Å². The van der Waals surface area contributed by atoms with Crippen molar-refractivity contribution in [1.29, 1.82) is 0 Å².